The molecular weight excluding hydrogens is 296 g/mol. The van der Waals surface area contributed by atoms with Gasteiger partial charge in [0.25, 0.3) is 0 Å². The molecule has 114 valence electrons. The summed E-state index contributed by atoms with van der Waals surface area (Å²) in [5.41, 5.74) is 0. The van der Waals surface area contributed by atoms with E-state index in [4.69, 9.17) is 4.74 Å². The maximum atomic E-state index is 12.5. The summed E-state index contributed by atoms with van der Waals surface area (Å²) in [6, 6.07) is 1.65. The monoisotopic (exact) mass is 318 g/mol. The molecule has 0 radical (unpaired) electrons. The number of rotatable bonds is 6. The van der Waals surface area contributed by atoms with E-state index in [9.17, 15) is 8.42 Å². The second-order valence-electron chi connectivity index (χ2n) is 5.01. The van der Waals surface area contributed by atoms with Crippen LogP contribution in [0.5, 0.6) is 0 Å². The molecule has 1 aliphatic heterocycles. The predicted molar refractivity (Wildman–Crippen MR) is 80.5 cm³/mol. The minimum atomic E-state index is -3.44. The van der Waals surface area contributed by atoms with E-state index in [-0.39, 0.29) is 12.1 Å². The zero-order valence-corrected chi connectivity index (χ0v) is 13.5. The van der Waals surface area contributed by atoms with Crippen LogP contribution in [-0.2, 0) is 21.3 Å². The standard InChI is InChI=1S/C13H22N2O3S2/c1-3-14-9-12-13(5-7-19-12)20(16,17)15-11-4-6-18-10(2)8-11/h5,7,10-11,14-15H,3-4,6,8-9H2,1-2H3. The highest BCUT2D eigenvalue weighted by atomic mass is 32.2. The average Bonchev–Trinajstić information content (AvgIpc) is 2.85. The highest BCUT2D eigenvalue weighted by molar-refractivity contribution is 7.89. The Hall–Kier alpha value is -0.470. The molecule has 1 saturated heterocycles. The molecule has 0 saturated carbocycles. The van der Waals surface area contributed by atoms with Gasteiger partial charge >= 0.3 is 0 Å². The number of ether oxygens (including phenoxy) is 1. The van der Waals surface area contributed by atoms with Crippen molar-refractivity contribution in [1.29, 1.82) is 0 Å². The fraction of sp³-hybridized carbons (Fsp3) is 0.692. The highest BCUT2D eigenvalue weighted by Gasteiger charge is 2.26. The van der Waals surface area contributed by atoms with E-state index in [1.165, 1.54) is 11.3 Å². The smallest absolute Gasteiger partial charge is 0.241 e. The number of thiophene rings is 1. The Kier molecular flexibility index (Phi) is 5.57. The van der Waals surface area contributed by atoms with E-state index in [1.54, 1.807) is 6.07 Å². The van der Waals surface area contributed by atoms with Crippen LogP contribution in [-0.4, -0.2) is 33.7 Å². The molecule has 1 aromatic heterocycles. The van der Waals surface area contributed by atoms with Crippen LogP contribution >= 0.6 is 11.3 Å². The van der Waals surface area contributed by atoms with Gasteiger partial charge in [0.05, 0.1) is 11.0 Å². The first-order valence-corrected chi connectivity index (χ1v) is 9.30. The van der Waals surface area contributed by atoms with Crippen molar-refractivity contribution in [3.05, 3.63) is 16.3 Å². The van der Waals surface area contributed by atoms with Crippen molar-refractivity contribution in [3.63, 3.8) is 0 Å². The Morgan fingerprint density at radius 3 is 3.00 bits per heavy atom. The van der Waals surface area contributed by atoms with Gasteiger partial charge in [0.1, 0.15) is 0 Å². The molecule has 0 bridgehead atoms. The van der Waals surface area contributed by atoms with E-state index in [1.807, 2.05) is 19.2 Å². The number of nitrogens with one attached hydrogen (secondary N) is 2. The second-order valence-corrected chi connectivity index (χ2v) is 7.70. The lowest BCUT2D eigenvalue weighted by atomic mass is 10.1. The summed E-state index contributed by atoms with van der Waals surface area (Å²) < 4.78 is 33.2. The molecule has 0 amide bonds. The quantitative estimate of drug-likeness (QED) is 0.838. The molecule has 0 aromatic carbocycles. The first-order chi connectivity index (χ1) is 9.53. The van der Waals surface area contributed by atoms with Crippen LogP contribution in [0.2, 0.25) is 0 Å². The summed E-state index contributed by atoms with van der Waals surface area (Å²) in [4.78, 5) is 1.27. The van der Waals surface area contributed by atoms with Crippen LogP contribution in [0.25, 0.3) is 0 Å². The van der Waals surface area contributed by atoms with Gasteiger partial charge < -0.3 is 10.1 Å². The summed E-state index contributed by atoms with van der Waals surface area (Å²) >= 11 is 1.47. The van der Waals surface area contributed by atoms with E-state index >= 15 is 0 Å². The third-order valence-corrected chi connectivity index (χ3v) is 5.99. The normalized spacial score (nSPS) is 23.9. The first-order valence-electron chi connectivity index (χ1n) is 6.94. The highest BCUT2D eigenvalue weighted by Crippen LogP contribution is 2.23. The largest absolute Gasteiger partial charge is 0.378 e. The van der Waals surface area contributed by atoms with Crippen molar-refractivity contribution in [2.24, 2.45) is 0 Å². The molecule has 2 atom stereocenters. The molecule has 0 aliphatic carbocycles. The summed E-state index contributed by atoms with van der Waals surface area (Å²) in [6.07, 6.45) is 1.57. The Morgan fingerprint density at radius 1 is 1.50 bits per heavy atom. The lowest BCUT2D eigenvalue weighted by Crippen LogP contribution is -2.41. The van der Waals surface area contributed by atoms with E-state index in [0.717, 1.165) is 24.3 Å². The molecule has 0 spiro atoms. The molecule has 20 heavy (non-hydrogen) atoms. The zero-order valence-electron chi connectivity index (χ0n) is 11.9. The molecule has 2 N–H and O–H groups in total. The number of hydrogen-bond donors (Lipinski definition) is 2. The van der Waals surface area contributed by atoms with Crippen molar-refractivity contribution in [2.45, 2.75) is 50.3 Å². The summed E-state index contributed by atoms with van der Waals surface area (Å²) in [7, 11) is -3.44. The molecule has 1 aliphatic rings. The van der Waals surface area contributed by atoms with Crippen molar-refractivity contribution < 1.29 is 13.2 Å². The first kappa shape index (κ1) is 15.9. The minimum absolute atomic E-state index is 0.0318. The van der Waals surface area contributed by atoms with Crippen LogP contribution in [0.3, 0.4) is 0 Å². The van der Waals surface area contributed by atoms with Gasteiger partial charge in [-0.15, -0.1) is 11.3 Å². The van der Waals surface area contributed by atoms with Gasteiger partial charge in [-0.05, 0) is 37.8 Å². The molecule has 2 heterocycles. The molecular formula is C13H22N2O3S2. The van der Waals surface area contributed by atoms with Crippen molar-refractivity contribution in [1.82, 2.24) is 10.0 Å². The number of hydrogen-bond acceptors (Lipinski definition) is 5. The van der Waals surface area contributed by atoms with Crippen molar-refractivity contribution in [2.75, 3.05) is 13.2 Å². The van der Waals surface area contributed by atoms with Gasteiger partial charge in [-0.25, -0.2) is 13.1 Å². The maximum absolute atomic E-state index is 12.5. The second kappa shape index (κ2) is 7.00. The van der Waals surface area contributed by atoms with Crippen LogP contribution in [0.4, 0.5) is 0 Å². The molecule has 7 heteroatoms. The van der Waals surface area contributed by atoms with Gasteiger partial charge in [0, 0.05) is 24.1 Å². The van der Waals surface area contributed by atoms with Crippen molar-refractivity contribution in [3.8, 4) is 0 Å². The van der Waals surface area contributed by atoms with Gasteiger partial charge in [-0.1, -0.05) is 6.92 Å². The summed E-state index contributed by atoms with van der Waals surface area (Å²) in [5, 5.41) is 5.00. The molecule has 2 unspecified atom stereocenters. The van der Waals surface area contributed by atoms with Crippen molar-refractivity contribution >= 4 is 21.4 Å². The minimum Gasteiger partial charge on any atom is -0.378 e. The fourth-order valence-electron chi connectivity index (χ4n) is 2.32. The molecule has 5 nitrogen and oxygen atoms in total. The van der Waals surface area contributed by atoms with Crippen LogP contribution in [0, 0.1) is 0 Å². The van der Waals surface area contributed by atoms with Gasteiger partial charge in [0.2, 0.25) is 10.0 Å². The third-order valence-electron chi connectivity index (χ3n) is 3.34. The topological polar surface area (TPSA) is 67.4 Å². The SMILES string of the molecule is CCNCc1sccc1S(=O)(=O)NC1CCOC(C)C1. The predicted octanol–water partition coefficient (Wildman–Crippen LogP) is 1.70. The van der Waals surface area contributed by atoms with Crippen LogP contribution in [0.15, 0.2) is 16.3 Å². The zero-order chi connectivity index (χ0) is 14.6. The Labute approximate surface area is 124 Å². The van der Waals surface area contributed by atoms with E-state index in [0.29, 0.717) is 18.0 Å². The lowest BCUT2D eigenvalue weighted by Gasteiger charge is -2.27. The number of sulfonamides is 1. The Bertz CT molecular complexity index is 527. The van der Waals surface area contributed by atoms with E-state index in [2.05, 4.69) is 10.0 Å². The molecule has 1 fully saturated rings. The average molecular weight is 318 g/mol. The molecule has 2 rings (SSSR count). The summed E-state index contributed by atoms with van der Waals surface area (Å²) in [6.45, 7) is 6.00. The lowest BCUT2D eigenvalue weighted by molar-refractivity contribution is 0.0173. The van der Waals surface area contributed by atoms with Gasteiger partial charge in [-0.2, -0.15) is 0 Å². The van der Waals surface area contributed by atoms with Crippen LogP contribution in [0.1, 0.15) is 31.6 Å². The van der Waals surface area contributed by atoms with Gasteiger partial charge in [-0.3, -0.25) is 0 Å². The van der Waals surface area contributed by atoms with E-state index < -0.39 is 10.0 Å². The Morgan fingerprint density at radius 2 is 2.30 bits per heavy atom. The maximum Gasteiger partial charge on any atom is 0.241 e. The third kappa shape index (κ3) is 4.02. The summed E-state index contributed by atoms with van der Waals surface area (Å²) in [5.74, 6) is 0. The Balaban J connectivity index is 2.08. The molecule has 1 aromatic rings. The van der Waals surface area contributed by atoms with Gasteiger partial charge in [0.15, 0.2) is 0 Å². The fourth-order valence-corrected chi connectivity index (χ4v) is 5.02. The van der Waals surface area contributed by atoms with Crippen LogP contribution < -0.4 is 10.0 Å².